The van der Waals surface area contributed by atoms with Gasteiger partial charge in [-0.3, -0.25) is 4.79 Å². The molecule has 4 N–H and O–H groups in total. The molecule has 10 heteroatoms. The third kappa shape index (κ3) is 8.70. The van der Waals surface area contributed by atoms with E-state index in [9.17, 15) is 19.4 Å². The molecule has 1 unspecified atom stereocenters. The second kappa shape index (κ2) is 15.2. The topological polar surface area (TPSA) is 121 Å². The molecule has 8 nitrogen and oxygen atoms in total. The number of rotatable bonds is 12. The van der Waals surface area contributed by atoms with E-state index in [0.29, 0.717) is 11.5 Å². The summed E-state index contributed by atoms with van der Waals surface area (Å²) in [5.74, 6) is -0.830. The molecule has 0 bridgehead atoms. The number of aliphatic hydroxyl groups is 2. The van der Waals surface area contributed by atoms with E-state index in [1.807, 2.05) is 42.5 Å². The Labute approximate surface area is 268 Å². The second-order valence-corrected chi connectivity index (χ2v) is 9.68. The summed E-state index contributed by atoms with van der Waals surface area (Å²) in [6.45, 7) is 4.11. The zero-order valence-electron chi connectivity index (χ0n) is 22.4. The van der Waals surface area contributed by atoms with Crippen LogP contribution in [0.15, 0.2) is 79.0 Å². The fourth-order valence-electron chi connectivity index (χ4n) is 4.38. The molecule has 4 aromatic rings. The van der Waals surface area contributed by atoms with Gasteiger partial charge in [-0.05, 0) is 48.9 Å². The maximum absolute atomic E-state index is 13.9. The average Bonchev–Trinajstić information content (AvgIpc) is 3.31. The monoisotopic (exact) mass is 586 g/mol. The molecule has 0 aliphatic rings. The number of aliphatic hydroxyl groups excluding tert-OH is 2. The van der Waals surface area contributed by atoms with Crippen LogP contribution in [0.1, 0.15) is 50.3 Å². The molecule has 2 aromatic heterocycles. The van der Waals surface area contributed by atoms with Crippen molar-refractivity contribution in [2.45, 2.75) is 51.2 Å². The summed E-state index contributed by atoms with van der Waals surface area (Å²) in [7, 11) is 0. The zero-order valence-corrected chi connectivity index (χ0v) is 22.4. The SMILES string of the molecule is CCC(C)c1nn(-c2ccnc(Nc3ccccc3)c2)c(-c2ccc(F)cc2)c1/C=C/[C@@H](O)C[C@@H](O)CC(=O)O.[CaH2]. The van der Waals surface area contributed by atoms with Gasteiger partial charge in [0.05, 0.1) is 35.7 Å². The van der Waals surface area contributed by atoms with Crippen molar-refractivity contribution < 1.29 is 24.5 Å². The predicted octanol–water partition coefficient (Wildman–Crippen LogP) is 5.01. The van der Waals surface area contributed by atoms with Crippen molar-refractivity contribution in [2.75, 3.05) is 5.32 Å². The Morgan fingerprint density at radius 3 is 2.46 bits per heavy atom. The van der Waals surface area contributed by atoms with Crippen LogP contribution >= 0.6 is 0 Å². The van der Waals surface area contributed by atoms with Crippen LogP contribution in [-0.2, 0) is 4.79 Å². The molecule has 2 heterocycles. The summed E-state index contributed by atoms with van der Waals surface area (Å²) >= 11 is 0. The Hall–Kier alpha value is -3.08. The van der Waals surface area contributed by atoms with Crippen LogP contribution < -0.4 is 5.32 Å². The van der Waals surface area contributed by atoms with Crippen molar-refractivity contribution in [1.82, 2.24) is 14.8 Å². The molecule has 4 rings (SSSR count). The number of carbonyl (C=O) groups is 1. The van der Waals surface area contributed by atoms with Crippen molar-refractivity contribution in [2.24, 2.45) is 0 Å². The van der Waals surface area contributed by atoms with Crippen LogP contribution in [0.3, 0.4) is 0 Å². The van der Waals surface area contributed by atoms with Gasteiger partial charge in [0.2, 0.25) is 0 Å². The molecule has 0 aliphatic heterocycles. The van der Waals surface area contributed by atoms with Crippen LogP contribution in [0.5, 0.6) is 0 Å². The van der Waals surface area contributed by atoms with Gasteiger partial charge in [0.1, 0.15) is 11.6 Å². The number of nitrogens with one attached hydrogen (secondary N) is 1. The Kier molecular flexibility index (Phi) is 12.1. The minimum absolute atomic E-state index is 0. The summed E-state index contributed by atoms with van der Waals surface area (Å²) in [4.78, 5) is 15.4. The molecule has 0 spiro atoms. The summed E-state index contributed by atoms with van der Waals surface area (Å²) in [6, 6.07) is 19.5. The van der Waals surface area contributed by atoms with Crippen LogP contribution in [0.25, 0.3) is 23.0 Å². The van der Waals surface area contributed by atoms with Gasteiger partial charge in [0.15, 0.2) is 0 Å². The Morgan fingerprint density at radius 1 is 1.10 bits per heavy atom. The van der Waals surface area contributed by atoms with Crippen LogP contribution in [0, 0.1) is 5.82 Å². The fourth-order valence-corrected chi connectivity index (χ4v) is 4.38. The van der Waals surface area contributed by atoms with E-state index < -0.39 is 24.6 Å². The third-order valence-corrected chi connectivity index (χ3v) is 6.59. The van der Waals surface area contributed by atoms with Crippen molar-refractivity contribution in [3.8, 4) is 16.9 Å². The number of para-hydroxylation sites is 1. The standard InChI is InChI=1S/C31H33FN4O4.Ca.2H/c1-3-20(2)30-27(14-13-25(37)18-26(38)19-29(39)40)31(21-9-11-22(32)12-10-21)36(35-30)24-15-16-33-28(17-24)34-23-7-5-4-6-8-23;;;/h4-17,20,25-26,37-38H,3,18-19H2,1-2H3,(H,33,34)(H,39,40);;;/b14-13+;;;/t20?,25-,26-;;;/m1.../s1. The first-order valence-corrected chi connectivity index (χ1v) is 13.2. The number of nitrogens with zero attached hydrogens (tertiary/aromatic N) is 3. The number of anilines is 2. The predicted molar refractivity (Wildman–Crippen MR) is 162 cm³/mol. The maximum atomic E-state index is 13.9. The van der Waals surface area contributed by atoms with Gasteiger partial charge in [-0.25, -0.2) is 14.1 Å². The van der Waals surface area contributed by atoms with Crippen molar-refractivity contribution in [1.29, 1.82) is 0 Å². The number of benzene rings is 2. The summed E-state index contributed by atoms with van der Waals surface area (Å²) in [5.41, 5.74) is 4.55. The number of halogens is 1. The van der Waals surface area contributed by atoms with Crippen LogP contribution in [0.2, 0.25) is 0 Å². The van der Waals surface area contributed by atoms with Gasteiger partial charge >= 0.3 is 43.7 Å². The first-order chi connectivity index (χ1) is 19.2. The van der Waals surface area contributed by atoms with Crippen LogP contribution in [-0.4, -0.2) is 86.0 Å². The number of aromatic nitrogens is 3. The normalized spacial score (nSPS) is 13.4. The summed E-state index contributed by atoms with van der Waals surface area (Å²) in [6.07, 6.45) is 2.92. The molecular formula is C31H35CaFN4O4. The molecule has 0 amide bonds. The van der Waals surface area contributed by atoms with Crippen molar-refractivity contribution in [3.63, 3.8) is 0 Å². The molecule has 212 valence electrons. The molecule has 2 aromatic carbocycles. The average molecular weight is 587 g/mol. The van der Waals surface area contributed by atoms with E-state index in [4.69, 9.17) is 10.2 Å². The van der Waals surface area contributed by atoms with Crippen LogP contribution in [0.4, 0.5) is 15.9 Å². The van der Waals surface area contributed by atoms with E-state index in [-0.39, 0.29) is 55.9 Å². The number of carboxylic acids is 1. The van der Waals surface area contributed by atoms with E-state index >= 15 is 0 Å². The Balaban J connectivity index is 0.00000462. The number of pyridine rings is 1. The fraction of sp³-hybridized carbons (Fsp3) is 0.258. The van der Waals surface area contributed by atoms with Gasteiger partial charge < -0.3 is 20.6 Å². The molecule has 0 fully saturated rings. The zero-order chi connectivity index (χ0) is 28.6. The number of carboxylic acid groups (broad SMARTS) is 1. The quantitative estimate of drug-likeness (QED) is 0.172. The number of hydrogen-bond acceptors (Lipinski definition) is 6. The van der Waals surface area contributed by atoms with E-state index in [0.717, 1.165) is 34.6 Å². The molecule has 0 aliphatic carbocycles. The van der Waals surface area contributed by atoms with Crippen molar-refractivity contribution >= 4 is 61.3 Å². The first-order valence-electron chi connectivity index (χ1n) is 13.2. The van der Waals surface area contributed by atoms with Gasteiger partial charge in [-0.15, -0.1) is 0 Å². The summed E-state index contributed by atoms with van der Waals surface area (Å²) < 4.78 is 15.7. The second-order valence-electron chi connectivity index (χ2n) is 9.68. The van der Waals surface area contributed by atoms with Gasteiger partial charge in [-0.1, -0.05) is 44.2 Å². The number of hydrogen-bond donors (Lipinski definition) is 4. The Bertz CT molecular complexity index is 1460. The van der Waals surface area contributed by atoms with Gasteiger partial charge in [0, 0.05) is 41.4 Å². The molecule has 3 atom stereocenters. The first kappa shape index (κ1) is 32.4. The molecule has 41 heavy (non-hydrogen) atoms. The van der Waals surface area contributed by atoms with Gasteiger partial charge in [0.25, 0.3) is 0 Å². The molecule has 0 saturated carbocycles. The van der Waals surface area contributed by atoms with Gasteiger partial charge in [-0.2, -0.15) is 5.10 Å². The van der Waals surface area contributed by atoms with E-state index in [1.165, 1.54) is 18.2 Å². The number of aliphatic carboxylic acids is 1. The van der Waals surface area contributed by atoms with E-state index in [1.54, 1.807) is 29.1 Å². The van der Waals surface area contributed by atoms with Crippen molar-refractivity contribution in [3.05, 3.63) is 96.1 Å². The Morgan fingerprint density at radius 2 is 1.80 bits per heavy atom. The minimum atomic E-state index is -1.18. The van der Waals surface area contributed by atoms with E-state index in [2.05, 4.69) is 24.1 Å². The molecule has 0 radical (unpaired) electrons. The molecule has 0 saturated heterocycles. The third-order valence-electron chi connectivity index (χ3n) is 6.59. The molecular weight excluding hydrogens is 551 g/mol. The summed E-state index contributed by atoms with van der Waals surface area (Å²) in [5, 5.41) is 37.7.